The molecular weight excluding hydrogens is 68.1 g/mol. The molecule has 1 heteroatoms. The smallest absolute Gasteiger partial charge is 0.0182 e. The van der Waals surface area contributed by atoms with Crippen molar-refractivity contribution in [3.63, 3.8) is 0 Å². The van der Waals surface area contributed by atoms with Gasteiger partial charge in [-0.25, -0.2) is 0 Å². The van der Waals surface area contributed by atoms with E-state index in [0.717, 1.165) is 0 Å². The summed E-state index contributed by atoms with van der Waals surface area (Å²) in [6.45, 7) is 6.62. The molecule has 0 bridgehead atoms. The molecule has 0 amide bonds. The van der Waals surface area contributed by atoms with E-state index < -0.39 is 0 Å². The summed E-state index contributed by atoms with van der Waals surface area (Å²) in [5.41, 5.74) is 0. The lowest BCUT2D eigenvalue weighted by Crippen LogP contribution is -1.36. The highest BCUT2D eigenvalue weighted by Crippen LogP contribution is 1.85. The molecule has 0 atom stereocenters. The summed E-state index contributed by atoms with van der Waals surface area (Å²) in [4.78, 5) is 0.611. The fourth-order valence-electron chi connectivity index (χ4n) is 0. The van der Waals surface area contributed by atoms with Crippen LogP contribution in [0.3, 0.4) is 0 Å². The molecule has 0 aromatic heterocycles. The van der Waals surface area contributed by atoms with Crippen molar-refractivity contribution in [3.05, 3.63) is 18.4 Å². The quantitative estimate of drug-likeness (QED) is 0.410. The average molecular weight is 73.1 g/mol. The number of hydrogen-bond donors (Lipinski definition) is 1. The van der Waals surface area contributed by atoms with Gasteiger partial charge in [0, 0.05) is 0 Å². The molecule has 0 unspecified atom stereocenters. The molecule has 0 nitrogen and oxygen atoms in total. The highest BCUT2D eigenvalue weighted by atomic mass is 32.1. The summed E-state index contributed by atoms with van der Waals surface area (Å²) in [7, 11) is 0. The third kappa shape index (κ3) is 307. The third-order valence-corrected chi connectivity index (χ3v) is 0. The van der Waals surface area contributed by atoms with Crippen molar-refractivity contribution in [1.82, 2.24) is 0 Å². The normalized spacial score (nSPS) is 6.50. The second-order valence-electron chi connectivity index (χ2n) is 0.566. The Morgan fingerprint density at radius 2 is 1.75 bits per heavy atom. The monoisotopic (exact) mass is 73.0 g/mol. The van der Waals surface area contributed by atoms with Gasteiger partial charge in [-0.3, -0.25) is 0 Å². The van der Waals surface area contributed by atoms with Crippen LogP contribution in [0.25, 0.3) is 0 Å². The first kappa shape index (κ1) is 4.09. The lowest BCUT2D eigenvalue weighted by Gasteiger charge is -1.64. The van der Waals surface area contributed by atoms with Crippen molar-refractivity contribution in [2.75, 3.05) is 0 Å². The zero-order valence-corrected chi connectivity index (χ0v) is 3.26. The van der Waals surface area contributed by atoms with Gasteiger partial charge in [0.1, 0.15) is 0 Å². The van der Waals surface area contributed by atoms with E-state index in [-0.39, 0.29) is 0 Å². The molecule has 0 aliphatic carbocycles. The number of allylic oxidation sites excluding steroid dienone is 1. The Balaban J connectivity index is 2.80. The van der Waals surface area contributed by atoms with Crippen LogP contribution in [0, 0.1) is 6.92 Å². The van der Waals surface area contributed by atoms with Crippen molar-refractivity contribution in [2.24, 2.45) is 0 Å². The second kappa shape index (κ2) is 1.41. The first-order valence-electron chi connectivity index (χ1n) is 0.931. The number of hydrogen-bond acceptors (Lipinski definition) is 1. The summed E-state index contributed by atoms with van der Waals surface area (Å²) in [5, 5.41) is 0. The van der Waals surface area contributed by atoms with Gasteiger partial charge in [0.2, 0.25) is 0 Å². The molecule has 0 aromatic rings. The molecule has 0 saturated heterocycles. The van der Waals surface area contributed by atoms with Crippen LogP contribution in [0.4, 0.5) is 0 Å². The second-order valence-corrected chi connectivity index (χ2v) is 1.20. The largest absolute Gasteiger partial charge is 0.148 e. The Labute approximate surface area is 31.9 Å². The first-order chi connectivity index (χ1) is 1.73. The highest BCUT2D eigenvalue weighted by Gasteiger charge is 1.53. The molecule has 0 aromatic carbocycles. The van der Waals surface area contributed by atoms with Gasteiger partial charge in [0.05, 0.1) is 0 Å². The standard InChI is InChI=1S/C3H5S/c1-3(2)4/h4H,1-2H2. The van der Waals surface area contributed by atoms with Crippen LogP contribution >= 0.6 is 12.6 Å². The molecule has 4 heavy (non-hydrogen) atoms. The molecule has 23 valence electrons. The zero-order valence-electron chi connectivity index (χ0n) is 2.36. The van der Waals surface area contributed by atoms with Gasteiger partial charge in [-0.1, -0.05) is 6.58 Å². The molecular formula is C3H5S. The molecule has 0 N–H and O–H groups in total. The van der Waals surface area contributed by atoms with E-state index in [1.807, 2.05) is 0 Å². The maximum absolute atomic E-state index is 3.66. The van der Waals surface area contributed by atoms with Crippen LogP contribution in [0.15, 0.2) is 11.5 Å². The molecule has 0 aliphatic heterocycles. The van der Waals surface area contributed by atoms with Crippen molar-refractivity contribution >= 4 is 12.6 Å². The molecule has 0 aliphatic rings. The lowest BCUT2D eigenvalue weighted by molar-refractivity contribution is 2.10. The summed E-state index contributed by atoms with van der Waals surface area (Å²) in [6.07, 6.45) is 0. The zero-order chi connectivity index (χ0) is 3.58. The molecule has 0 rings (SSSR count). The van der Waals surface area contributed by atoms with Gasteiger partial charge in [0.25, 0.3) is 0 Å². The fourth-order valence-corrected chi connectivity index (χ4v) is 0. The highest BCUT2D eigenvalue weighted by molar-refractivity contribution is 7.84. The van der Waals surface area contributed by atoms with Gasteiger partial charge in [-0.15, -0.1) is 12.6 Å². The van der Waals surface area contributed by atoms with E-state index in [0.29, 0.717) is 4.91 Å². The van der Waals surface area contributed by atoms with Gasteiger partial charge in [-0.2, -0.15) is 0 Å². The topological polar surface area (TPSA) is 0 Å². The van der Waals surface area contributed by atoms with Crippen molar-refractivity contribution < 1.29 is 0 Å². The van der Waals surface area contributed by atoms with E-state index in [1.165, 1.54) is 0 Å². The maximum atomic E-state index is 3.66. The van der Waals surface area contributed by atoms with Gasteiger partial charge >= 0.3 is 0 Å². The number of rotatable bonds is 0. The molecule has 0 heterocycles. The Morgan fingerprint density at radius 3 is 1.75 bits per heavy atom. The summed E-state index contributed by atoms with van der Waals surface area (Å²) in [5.74, 6) is 0. The fraction of sp³-hybridized carbons (Fsp3) is 0. The predicted octanol–water partition coefficient (Wildman–Crippen LogP) is 1.26. The summed E-state index contributed by atoms with van der Waals surface area (Å²) < 4.78 is 0. The Bertz CT molecular complexity index is 26.3. The third-order valence-electron chi connectivity index (χ3n) is 0. The lowest BCUT2D eigenvalue weighted by atomic mass is 10.8. The minimum absolute atomic E-state index is 0.611. The Morgan fingerprint density at radius 1 is 1.75 bits per heavy atom. The minimum atomic E-state index is 0.611. The minimum Gasteiger partial charge on any atom is -0.148 e. The average Bonchev–Trinajstić information content (AvgIpc) is 0.811. The maximum Gasteiger partial charge on any atom is -0.0182 e. The Kier molecular flexibility index (Phi) is 1.45. The molecule has 0 saturated carbocycles. The number of thiol groups is 1. The molecule has 0 fully saturated rings. The summed E-state index contributed by atoms with van der Waals surface area (Å²) in [6, 6.07) is 0. The predicted molar refractivity (Wildman–Crippen MR) is 23.5 cm³/mol. The van der Waals surface area contributed by atoms with Crippen molar-refractivity contribution in [3.8, 4) is 0 Å². The van der Waals surface area contributed by atoms with Crippen LogP contribution in [0.5, 0.6) is 0 Å². The first-order valence-corrected chi connectivity index (χ1v) is 1.38. The van der Waals surface area contributed by atoms with Gasteiger partial charge < -0.3 is 0 Å². The van der Waals surface area contributed by atoms with Crippen LogP contribution < -0.4 is 0 Å². The van der Waals surface area contributed by atoms with Crippen molar-refractivity contribution in [1.29, 1.82) is 0 Å². The Hall–Kier alpha value is 0.0900. The van der Waals surface area contributed by atoms with Gasteiger partial charge in [-0.05, 0) is 11.8 Å². The van der Waals surface area contributed by atoms with Crippen LogP contribution in [0.2, 0.25) is 0 Å². The summed E-state index contributed by atoms with van der Waals surface area (Å²) >= 11 is 3.66. The van der Waals surface area contributed by atoms with Gasteiger partial charge in [0.15, 0.2) is 0 Å². The SMILES string of the molecule is [CH2]C(=C)S. The van der Waals surface area contributed by atoms with Crippen LogP contribution in [-0.4, -0.2) is 0 Å². The molecule has 1 radical (unpaired) electrons. The van der Waals surface area contributed by atoms with E-state index in [4.69, 9.17) is 0 Å². The van der Waals surface area contributed by atoms with E-state index >= 15 is 0 Å². The van der Waals surface area contributed by atoms with E-state index in [1.54, 1.807) is 0 Å². The molecule has 0 spiro atoms. The van der Waals surface area contributed by atoms with E-state index in [2.05, 4.69) is 26.1 Å². The van der Waals surface area contributed by atoms with Crippen LogP contribution in [-0.2, 0) is 0 Å². The van der Waals surface area contributed by atoms with Crippen LogP contribution in [0.1, 0.15) is 0 Å². The van der Waals surface area contributed by atoms with E-state index in [9.17, 15) is 0 Å². The van der Waals surface area contributed by atoms with Crippen molar-refractivity contribution in [2.45, 2.75) is 0 Å².